The molecular formula is C16H23NO2. The number of likely N-dealkylation sites (N-methyl/N-ethyl adjacent to an activating group) is 1. The van der Waals surface area contributed by atoms with Gasteiger partial charge in [-0.2, -0.15) is 0 Å². The fourth-order valence-electron chi connectivity index (χ4n) is 2.92. The number of hydrogen-bond acceptors (Lipinski definition) is 3. The molecule has 3 heteroatoms. The maximum Gasteiger partial charge on any atom is 0.177 e. The Morgan fingerprint density at radius 3 is 2.68 bits per heavy atom. The SMILES string of the molecule is Cc1ccccc1C(=O)CN(C)C1CCCCC1O. The normalized spacial score (nSPS) is 23.6. The number of nitrogens with zero attached hydrogens (tertiary/aromatic N) is 1. The van der Waals surface area contributed by atoms with Crippen molar-refractivity contribution in [3.63, 3.8) is 0 Å². The summed E-state index contributed by atoms with van der Waals surface area (Å²) < 4.78 is 0. The Kier molecular flexibility index (Phi) is 4.72. The predicted molar refractivity (Wildman–Crippen MR) is 76.4 cm³/mol. The van der Waals surface area contributed by atoms with E-state index in [0.717, 1.165) is 36.8 Å². The van der Waals surface area contributed by atoms with Crippen LogP contribution >= 0.6 is 0 Å². The highest BCUT2D eigenvalue weighted by molar-refractivity contribution is 5.98. The third-order valence-electron chi connectivity index (χ3n) is 4.10. The average molecular weight is 261 g/mol. The lowest BCUT2D eigenvalue weighted by Gasteiger charge is -2.34. The second-order valence-electron chi connectivity index (χ2n) is 5.57. The molecular weight excluding hydrogens is 238 g/mol. The first-order valence-electron chi connectivity index (χ1n) is 7.06. The van der Waals surface area contributed by atoms with Gasteiger partial charge in [-0.05, 0) is 32.4 Å². The first kappa shape index (κ1) is 14.2. The van der Waals surface area contributed by atoms with Gasteiger partial charge in [0.15, 0.2) is 5.78 Å². The van der Waals surface area contributed by atoms with Gasteiger partial charge >= 0.3 is 0 Å². The van der Waals surface area contributed by atoms with Crippen molar-refractivity contribution < 1.29 is 9.90 Å². The standard InChI is InChI=1S/C16H23NO2/c1-12-7-3-4-8-13(12)16(19)11-17(2)14-9-5-6-10-15(14)18/h3-4,7-8,14-15,18H,5-6,9-11H2,1-2H3. The Balaban J connectivity index is 2.00. The number of rotatable bonds is 4. The van der Waals surface area contributed by atoms with Crippen LogP contribution in [-0.2, 0) is 0 Å². The number of ketones is 1. The maximum absolute atomic E-state index is 12.3. The summed E-state index contributed by atoms with van der Waals surface area (Å²) >= 11 is 0. The van der Waals surface area contributed by atoms with Crippen molar-refractivity contribution in [1.82, 2.24) is 4.90 Å². The second-order valence-corrected chi connectivity index (χ2v) is 5.57. The van der Waals surface area contributed by atoms with Crippen LogP contribution in [-0.4, -0.2) is 41.5 Å². The number of aryl methyl sites for hydroxylation is 1. The number of Topliss-reactive ketones (excluding diaryl/α,β-unsaturated/α-hetero) is 1. The van der Waals surface area contributed by atoms with Gasteiger partial charge < -0.3 is 5.11 Å². The van der Waals surface area contributed by atoms with Gasteiger partial charge in [-0.1, -0.05) is 37.1 Å². The summed E-state index contributed by atoms with van der Waals surface area (Å²) in [7, 11) is 1.94. The summed E-state index contributed by atoms with van der Waals surface area (Å²) in [6, 6.07) is 7.81. The van der Waals surface area contributed by atoms with Crippen LogP contribution in [0.15, 0.2) is 24.3 Å². The summed E-state index contributed by atoms with van der Waals surface area (Å²) in [6.07, 6.45) is 3.79. The number of hydrogen-bond donors (Lipinski definition) is 1. The topological polar surface area (TPSA) is 40.5 Å². The summed E-state index contributed by atoms with van der Waals surface area (Å²) in [4.78, 5) is 14.3. The number of benzene rings is 1. The molecule has 0 spiro atoms. The molecule has 1 aromatic carbocycles. The molecule has 1 aliphatic carbocycles. The molecule has 0 amide bonds. The largest absolute Gasteiger partial charge is 0.391 e. The smallest absolute Gasteiger partial charge is 0.177 e. The van der Waals surface area contributed by atoms with Gasteiger partial charge in [0.05, 0.1) is 12.6 Å². The van der Waals surface area contributed by atoms with Crippen LogP contribution in [0.3, 0.4) is 0 Å². The van der Waals surface area contributed by atoms with E-state index in [4.69, 9.17) is 0 Å². The molecule has 0 radical (unpaired) electrons. The van der Waals surface area contributed by atoms with E-state index in [1.165, 1.54) is 0 Å². The molecule has 1 saturated carbocycles. The lowest BCUT2D eigenvalue weighted by molar-refractivity contribution is 0.0322. The molecule has 2 rings (SSSR count). The zero-order valence-corrected chi connectivity index (χ0v) is 11.8. The van der Waals surface area contributed by atoms with E-state index in [1.54, 1.807) is 0 Å². The van der Waals surface area contributed by atoms with E-state index < -0.39 is 0 Å². The maximum atomic E-state index is 12.3. The molecule has 0 aliphatic heterocycles. The Bertz CT molecular complexity index is 444. The van der Waals surface area contributed by atoms with Gasteiger partial charge in [-0.25, -0.2) is 0 Å². The van der Waals surface area contributed by atoms with Crippen molar-refractivity contribution in [3.05, 3.63) is 35.4 Å². The molecule has 2 unspecified atom stereocenters. The van der Waals surface area contributed by atoms with E-state index in [0.29, 0.717) is 6.54 Å². The Morgan fingerprint density at radius 1 is 1.32 bits per heavy atom. The van der Waals surface area contributed by atoms with E-state index in [2.05, 4.69) is 0 Å². The summed E-state index contributed by atoms with van der Waals surface area (Å²) in [5, 5.41) is 10.0. The molecule has 0 heterocycles. The number of carbonyl (C=O) groups excluding carboxylic acids is 1. The van der Waals surface area contributed by atoms with Crippen LogP contribution < -0.4 is 0 Å². The van der Waals surface area contributed by atoms with E-state index in [-0.39, 0.29) is 17.9 Å². The van der Waals surface area contributed by atoms with Crippen LogP contribution in [0.4, 0.5) is 0 Å². The summed E-state index contributed by atoms with van der Waals surface area (Å²) in [5.74, 6) is 0.137. The van der Waals surface area contributed by atoms with Gasteiger partial charge in [0.1, 0.15) is 0 Å². The lowest BCUT2D eigenvalue weighted by atomic mass is 9.91. The van der Waals surface area contributed by atoms with Crippen molar-refractivity contribution in [2.45, 2.75) is 44.8 Å². The zero-order valence-electron chi connectivity index (χ0n) is 11.8. The summed E-state index contributed by atoms with van der Waals surface area (Å²) in [6.45, 7) is 2.34. The van der Waals surface area contributed by atoms with Gasteiger partial charge in [0, 0.05) is 11.6 Å². The van der Waals surface area contributed by atoms with Gasteiger partial charge in [0.25, 0.3) is 0 Å². The predicted octanol–water partition coefficient (Wildman–Crippen LogP) is 2.41. The Hall–Kier alpha value is -1.19. The van der Waals surface area contributed by atoms with Crippen LogP contribution in [0.2, 0.25) is 0 Å². The molecule has 0 bridgehead atoms. The highest BCUT2D eigenvalue weighted by Gasteiger charge is 2.27. The Labute approximate surface area is 115 Å². The number of carbonyl (C=O) groups is 1. The number of aliphatic hydroxyl groups excluding tert-OH is 1. The average Bonchev–Trinajstić information content (AvgIpc) is 2.39. The lowest BCUT2D eigenvalue weighted by Crippen LogP contribution is -2.45. The van der Waals surface area contributed by atoms with Gasteiger partial charge in [-0.3, -0.25) is 9.69 Å². The molecule has 19 heavy (non-hydrogen) atoms. The molecule has 1 aromatic rings. The van der Waals surface area contributed by atoms with Crippen LogP contribution in [0, 0.1) is 6.92 Å². The quantitative estimate of drug-likeness (QED) is 0.846. The Morgan fingerprint density at radius 2 is 2.00 bits per heavy atom. The first-order valence-corrected chi connectivity index (χ1v) is 7.06. The van der Waals surface area contributed by atoms with Gasteiger partial charge in [-0.15, -0.1) is 0 Å². The second kappa shape index (κ2) is 6.31. The fraction of sp³-hybridized carbons (Fsp3) is 0.562. The zero-order chi connectivity index (χ0) is 13.8. The monoisotopic (exact) mass is 261 g/mol. The van der Waals surface area contributed by atoms with Crippen LogP contribution in [0.5, 0.6) is 0 Å². The van der Waals surface area contributed by atoms with Crippen LogP contribution in [0.25, 0.3) is 0 Å². The minimum Gasteiger partial charge on any atom is -0.391 e. The molecule has 1 fully saturated rings. The molecule has 0 saturated heterocycles. The van der Waals surface area contributed by atoms with Crippen LogP contribution in [0.1, 0.15) is 41.6 Å². The van der Waals surface area contributed by atoms with E-state index >= 15 is 0 Å². The molecule has 1 N–H and O–H groups in total. The highest BCUT2D eigenvalue weighted by Crippen LogP contribution is 2.22. The van der Waals surface area contributed by atoms with Gasteiger partial charge in [0.2, 0.25) is 0 Å². The molecule has 3 nitrogen and oxygen atoms in total. The van der Waals surface area contributed by atoms with E-state index in [9.17, 15) is 9.90 Å². The first-order chi connectivity index (χ1) is 9.09. The molecule has 1 aliphatic rings. The van der Waals surface area contributed by atoms with Crippen molar-refractivity contribution in [2.24, 2.45) is 0 Å². The highest BCUT2D eigenvalue weighted by atomic mass is 16.3. The minimum atomic E-state index is -0.288. The van der Waals surface area contributed by atoms with E-state index in [1.807, 2.05) is 43.1 Å². The molecule has 0 aromatic heterocycles. The number of aliphatic hydroxyl groups is 1. The molecule has 2 atom stereocenters. The van der Waals surface area contributed by atoms with Crippen molar-refractivity contribution in [2.75, 3.05) is 13.6 Å². The van der Waals surface area contributed by atoms with Crippen molar-refractivity contribution in [3.8, 4) is 0 Å². The van der Waals surface area contributed by atoms with Crippen molar-refractivity contribution >= 4 is 5.78 Å². The minimum absolute atomic E-state index is 0.127. The third-order valence-corrected chi connectivity index (χ3v) is 4.10. The molecule has 104 valence electrons. The summed E-state index contributed by atoms with van der Waals surface area (Å²) in [5.41, 5.74) is 1.81. The third kappa shape index (κ3) is 3.43. The fourth-order valence-corrected chi connectivity index (χ4v) is 2.92. The van der Waals surface area contributed by atoms with Crippen molar-refractivity contribution in [1.29, 1.82) is 0 Å².